The smallest absolute Gasteiger partial charge is 0.124 e. The number of rotatable bonds is 8. The summed E-state index contributed by atoms with van der Waals surface area (Å²) in [5.41, 5.74) is 0.935. The Morgan fingerprint density at radius 1 is 1.29 bits per heavy atom. The van der Waals surface area contributed by atoms with Crippen LogP contribution in [0.1, 0.15) is 24.8 Å². The first-order valence-corrected chi connectivity index (χ1v) is 6.25. The fourth-order valence-electron chi connectivity index (χ4n) is 1.56. The molecule has 1 rings (SSSR count). The largest absolute Gasteiger partial charge is 0.385 e. The van der Waals surface area contributed by atoms with Gasteiger partial charge in [0, 0.05) is 25.3 Å². The van der Waals surface area contributed by atoms with Gasteiger partial charge in [0.1, 0.15) is 5.82 Å². The Balaban J connectivity index is 2.14. The molecule has 0 aliphatic carbocycles. The molecule has 0 fully saturated rings. The standard InChI is InChI=1S/C13H19ClFNO/c1-17-8-4-2-3-7-16-10-11-5-6-12(15)9-13(11)14/h5-6,9,16H,2-4,7-8,10H2,1H3. The molecule has 17 heavy (non-hydrogen) atoms. The molecular weight excluding hydrogens is 241 g/mol. The van der Waals surface area contributed by atoms with Crippen molar-refractivity contribution in [1.29, 1.82) is 0 Å². The molecule has 0 aliphatic rings. The van der Waals surface area contributed by atoms with Crippen LogP contribution in [0.2, 0.25) is 5.02 Å². The van der Waals surface area contributed by atoms with Crippen LogP contribution in [0.5, 0.6) is 0 Å². The van der Waals surface area contributed by atoms with Crippen molar-refractivity contribution in [3.63, 3.8) is 0 Å². The summed E-state index contributed by atoms with van der Waals surface area (Å²) in [6, 6.07) is 4.49. The van der Waals surface area contributed by atoms with Gasteiger partial charge in [0.15, 0.2) is 0 Å². The van der Waals surface area contributed by atoms with Crippen molar-refractivity contribution in [2.24, 2.45) is 0 Å². The minimum Gasteiger partial charge on any atom is -0.385 e. The number of hydrogen-bond donors (Lipinski definition) is 1. The van der Waals surface area contributed by atoms with Crippen molar-refractivity contribution < 1.29 is 9.13 Å². The lowest BCUT2D eigenvalue weighted by atomic mass is 10.2. The number of nitrogens with one attached hydrogen (secondary N) is 1. The van der Waals surface area contributed by atoms with Gasteiger partial charge in [-0.05, 0) is 43.5 Å². The molecular formula is C13H19ClFNO. The third-order valence-corrected chi connectivity index (χ3v) is 2.88. The number of benzene rings is 1. The van der Waals surface area contributed by atoms with Crippen LogP contribution in [0, 0.1) is 5.82 Å². The van der Waals surface area contributed by atoms with E-state index in [0.717, 1.165) is 38.0 Å². The van der Waals surface area contributed by atoms with Gasteiger partial charge < -0.3 is 10.1 Å². The van der Waals surface area contributed by atoms with Crippen LogP contribution in [0.4, 0.5) is 4.39 Å². The Bertz CT molecular complexity index is 333. The second kappa shape index (κ2) is 8.45. The van der Waals surface area contributed by atoms with E-state index in [1.54, 1.807) is 13.2 Å². The summed E-state index contributed by atoms with van der Waals surface area (Å²) in [7, 11) is 1.72. The zero-order valence-electron chi connectivity index (χ0n) is 10.1. The van der Waals surface area contributed by atoms with Crippen LogP contribution in [-0.2, 0) is 11.3 Å². The summed E-state index contributed by atoms with van der Waals surface area (Å²) in [4.78, 5) is 0. The molecule has 0 amide bonds. The highest BCUT2D eigenvalue weighted by atomic mass is 35.5. The summed E-state index contributed by atoms with van der Waals surface area (Å²) in [5.74, 6) is -0.293. The van der Waals surface area contributed by atoms with Gasteiger partial charge in [0.25, 0.3) is 0 Å². The van der Waals surface area contributed by atoms with Gasteiger partial charge in [-0.2, -0.15) is 0 Å². The molecule has 0 heterocycles. The Kier molecular flexibility index (Phi) is 7.17. The molecule has 2 nitrogen and oxygen atoms in total. The molecule has 0 spiro atoms. The summed E-state index contributed by atoms with van der Waals surface area (Å²) in [6.07, 6.45) is 3.36. The minimum absolute atomic E-state index is 0.293. The summed E-state index contributed by atoms with van der Waals surface area (Å²) in [5, 5.41) is 3.77. The number of halogens is 2. The molecule has 0 bridgehead atoms. The Morgan fingerprint density at radius 2 is 2.12 bits per heavy atom. The lowest BCUT2D eigenvalue weighted by Gasteiger charge is -2.06. The average Bonchev–Trinajstić information content (AvgIpc) is 2.30. The van der Waals surface area contributed by atoms with E-state index in [4.69, 9.17) is 16.3 Å². The Labute approximate surface area is 107 Å². The molecule has 0 atom stereocenters. The van der Waals surface area contributed by atoms with Crippen LogP contribution in [-0.4, -0.2) is 20.3 Å². The zero-order chi connectivity index (χ0) is 12.5. The van der Waals surface area contributed by atoms with Crippen LogP contribution in [0.15, 0.2) is 18.2 Å². The first-order valence-electron chi connectivity index (χ1n) is 5.87. The molecule has 0 radical (unpaired) electrons. The molecule has 1 N–H and O–H groups in total. The summed E-state index contributed by atoms with van der Waals surface area (Å²) >= 11 is 5.91. The van der Waals surface area contributed by atoms with E-state index in [2.05, 4.69) is 5.32 Å². The monoisotopic (exact) mass is 259 g/mol. The topological polar surface area (TPSA) is 21.3 Å². The molecule has 0 aromatic heterocycles. The van der Waals surface area contributed by atoms with E-state index in [1.807, 2.05) is 0 Å². The maximum Gasteiger partial charge on any atom is 0.124 e. The molecule has 0 aliphatic heterocycles. The maximum absolute atomic E-state index is 12.8. The van der Waals surface area contributed by atoms with Crippen molar-refractivity contribution >= 4 is 11.6 Å². The lowest BCUT2D eigenvalue weighted by Crippen LogP contribution is -2.15. The van der Waals surface area contributed by atoms with E-state index in [-0.39, 0.29) is 5.82 Å². The van der Waals surface area contributed by atoms with E-state index in [0.29, 0.717) is 11.6 Å². The minimum atomic E-state index is -0.293. The van der Waals surface area contributed by atoms with Gasteiger partial charge in [-0.3, -0.25) is 0 Å². The quantitative estimate of drug-likeness (QED) is 0.723. The highest BCUT2D eigenvalue weighted by Crippen LogP contribution is 2.16. The van der Waals surface area contributed by atoms with Gasteiger partial charge in [-0.25, -0.2) is 4.39 Å². The number of unbranched alkanes of at least 4 members (excludes halogenated alkanes) is 2. The van der Waals surface area contributed by atoms with Crippen LogP contribution in [0.25, 0.3) is 0 Å². The molecule has 96 valence electrons. The molecule has 0 saturated heterocycles. The second-order valence-electron chi connectivity index (χ2n) is 3.97. The van der Waals surface area contributed by atoms with Crippen molar-refractivity contribution in [2.45, 2.75) is 25.8 Å². The predicted octanol–water partition coefficient (Wildman–Crippen LogP) is 3.39. The van der Waals surface area contributed by atoms with Gasteiger partial charge in [-0.1, -0.05) is 17.7 Å². The van der Waals surface area contributed by atoms with Gasteiger partial charge >= 0.3 is 0 Å². The Morgan fingerprint density at radius 3 is 2.82 bits per heavy atom. The molecule has 0 saturated carbocycles. The zero-order valence-corrected chi connectivity index (χ0v) is 10.9. The van der Waals surface area contributed by atoms with Gasteiger partial charge in [-0.15, -0.1) is 0 Å². The maximum atomic E-state index is 12.8. The highest BCUT2D eigenvalue weighted by molar-refractivity contribution is 6.31. The number of hydrogen-bond acceptors (Lipinski definition) is 2. The van der Waals surface area contributed by atoms with E-state index >= 15 is 0 Å². The first-order chi connectivity index (χ1) is 8.24. The average molecular weight is 260 g/mol. The van der Waals surface area contributed by atoms with Crippen LogP contribution < -0.4 is 5.32 Å². The van der Waals surface area contributed by atoms with Crippen molar-refractivity contribution in [1.82, 2.24) is 5.32 Å². The van der Waals surface area contributed by atoms with Crippen molar-refractivity contribution in [3.05, 3.63) is 34.6 Å². The van der Waals surface area contributed by atoms with Crippen molar-refractivity contribution in [3.8, 4) is 0 Å². The molecule has 4 heteroatoms. The van der Waals surface area contributed by atoms with Crippen LogP contribution in [0.3, 0.4) is 0 Å². The van der Waals surface area contributed by atoms with Gasteiger partial charge in [0.05, 0.1) is 0 Å². The molecule has 1 aromatic rings. The number of ether oxygens (including phenoxy) is 1. The SMILES string of the molecule is COCCCCCNCc1ccc(F)cc1Cl. The Hall–Kier alpha value is -0.640. The van der Waals surface area contributed by atoms with E-state index < -0.39 is 0 Å². The fourth-order valence-corrected chi connectivity index (χ4v) is 1.80. The summed E-state index contributed by atoms with van der Waals surface area (Å²) in [6.45, 7) is 2.45. The fraction of sp³-hybridized carbons (Fsp3) is 0.538. The normalized spacial score (nSPS) is 10.8. The van der Waals surface area contributed by atoms with Crippen molar-refractivity contribution in [2.75, 3.05) is 20.3 Å². The van der Waals surface area contributed by atoms with E-state index in [9.17, 15) is 4.39 Å². The molecule has 0 unspecified atom stereocenters. The van der Waals surface area contributed by atoms with Crippen LogP contribution >= 0.6 is 11.6 Å². The van der Waals surface area contributed by atoms with Gasteiger partial charge in [0.2, 0.25) is 0 Å². The third-order valence-electron chi connectivity index (χ3n) is 2.53. The predicted molar refractivity (Wildman–Crippen MR) is 68.8 cm³/mol. The van der Waals surface area contributed by atoms with E-state index in [1.165, 1.54) is 12.1 Å². The summed E-state index contributed by atoms with van der Waals surface area (Å²) < 4.78 is 17.8. The number of methoxy groups -OCH3 is 1. The first kappa shape index (κ1) is 14.4. The second-order valence-corrected chi connectivity index (χ2v) is 4.37. The highest BCUT2D eigenvalue weighted by Gasteiger charge is 2.01. The molecule has 1 aromatic carbocycles. The lowest BCUT2D eigenvalue weighted by molar-refractivity contribution is 0.192. The third kappa shape index (κ3) is 6.01.